The Labute approximate surface area is 228 Å². The van der Waals surface area contributed by atoms with Crippen molar-refractivity contribution in [2.45, 2.75) is 50.5 Å². The van der Waals surface area contributed by atoms with Crippen molar-refractivity contribution in [1.29, 1.82) is 0 Å². The van der Waals surface area contributed by atoms with E-state index in [0.717, 1.165) is 91.7 Å². The lowest BCUT2D eigenvalue weighted by molar-refractivity contribution is 0.0114. The van der Waals surface area contributed by atoms with Crippen LogP contribution in [0.1, 0.15) is 59.7 Å². The van der Waals surface area contributed by atoms with Gasteiger partial charge >= 0.3 is 0 Å². The minimum Gasteiger partial charge on any atom is -0.379 e. The van der Waals surface area contributed by atoms with E-state index < -0.39 is 0 Å². The van der Waals surface area contributed by atoms with Crippen molar-refractivity contribution in [3.05, 3.63) is 34.8 Å². The summed E-state index contributed by atoms with van der Waals surface area (Å²) in [6, 6.07) is 6.75. The number of hydrogen-bond acceptors (Lipinski definition) is 9. The number of amides is 1. The first-order valence-corrected chi connectivity index (χ1v) is 14.7. The second-order valence-corrected chi connectivity index (χ2v) is 11.9. The third-order valence-electron chi connectivity index (χ3n) is 8.24. The molecular formula is C28H37N7O2S. The number of rotatable bonds is 6. The standard InChI is InChI=1S/C28H37N7O2S/c1-33(2)28(36)27-26(19-5-3-4-6-19)21-17-24(29-18-22(21)38-27)30-23-7-8-25(32-31-23)35-11-9-20(10-12-35)34-13-15-37-16-14-34/h7-8,17-20H,3-6,9-16H2,1-2H3,(H,29,30,31). The van der Waals surface area contributed by atoms with Crippen LogP contribution in [0.3, 0.4) is 0 Å². The molecule has 0 spiro atoms. The summed E-state index contributed by atoms with van der Waals surface area (Å²) in [7, 11) is 3.65. The summed E-state index contributed by atoms with van der Waals surface area (Å²) < 4.78 is 6.57. The summed E-state index contributed by atoms with van der Waals surface area (Å²) in [6.07, 6.45) is 8.90. The Balaban J connectivity index is 1.16. The first-order chi connectivity index (χ1) is 18.6. The molecular weight excluding hydrogens is 498 g/mol. The van der Waals surface area contributed by atoms with Gasteiger partial charge in [0.1, 0.15) is 5.82 Å². The molecule has 202 valence electrons. The number of anilines is 3. The fraction of sp³-hybridized carbons (Fsp3) is 0.571. The molecule has 6 rings (SSSR count). The minimum absolute atomic E-state index is 0.0815. The number of hydrogen-bond donors (Lipinski definition) is 1. The van der Waals surface area contributed by atoms with Gasteiger partial charge in [0.15, 0.2) is 11.6 Å². The predicted molar refractivity (Wildman–Crippen MR) is 152 cm³/mol. The molecule has 3 aromatic rings. The van der Waals surface area contributed by atoms with Crippen LogP contribution < -0.4 is 10.2 Å². The zero-order chi connectivity index (χ0) is 26.1. The number of aromatic nitrogens is 3. The molecule has 1 N–H and O–H groups in total. The van der Waals surface area contributed by atoms with Crippen molar-refractivity contribution in [3.63, 3.8) is 0 Å². The van der Waals surface area contributed by atoms with Crippen molar-refractivity contribution in [3.8, 4) is 0 Å². The van der Waals surface area contributed by atoms with E-state index in [9.17, 15) is 4.79 Å². The first kappa shape index (κ1) is 25.5. The summed E-state index contributed by atoms with van der Waals surface area (Å²) in [5.74, 6) is 2.84. The highest BCUT2D eigenvalue weighted by Crippen LogP contribution is 2.44. The van der Waals surface area contributed by atoms with Gasteiger partial charge in [-0.15, -0.1) is 21.5 Å². The van der Waals surface area contributed by atoms with Crippen LogP contribution in [0.25, 0.3) is 10.1 Å². The molecule has 1 aliphatic carbocycles. The number of nitrogens with zero attached hydrogens (tertiary/aromatic N) is 6. The molecule has 0 aromatic carbocycles. The van der Waals surface area contributed by atoms with Crippen LogP contribution in [0.2, 0.25) is 0 Å². The van der Waals surface area contributed by atoms with Crippen molar-refractivity contribution >= 4 is 44.8 Å². The van der Waals surface area contributed by atoms with Crippen molar-refractivity contribution < 1.29 is 9.53 Å². The Bertz CT molecular complexity index is 1260. The van der Waals surface area contributed by atoms with E-state index in [1.54, 1.807) is 16.2 Å². The molecule has 0 atom stereocenters. The van der Waals surface area contributed by atoms with E-state index in [2.05, 4.69) is 36.4 Å². The van der Waals surface area contributed by atoms with Crippen LogP contribution in [0.5, 0.6) is 0 Å². The number of pyridine rings is 1. The second-order valence-electron chi connectivity index (χ2n) is 10.9. The number of carbonyl (C=O) groups excluding carboxylic acids is 1. The highest BCUT2D eigenvalue weighted by Gasteiger charge is 2.29. The Morgan fingerprint density at radius 1 is 1.03 bits per heavy atom. The van der Waals surface area contributed by atoms with Crippen molar-refractivity contribution in [2.75, 3.05) is 63.7 Å². The monoisotopic (exact) mass is 535 g/mol. The third-order valence-corrected chi connectivity index (χ3v) is 9.38. The molecule has 2 saturated heterocycles. The zero-order valence-corrected chi connectivity index (χ0v) is 23.2. The largest absolute Gasteiger partial charge is 0.379 e. The number of piperidine rings is 1. The van der Waals surface area contributed by atoms with Gasteiger partial charge in [0.05, 0.1) is 22.8 Å². The summed E-state index contributed by atoms with van der Waals surface area (Å²) in [6.45, 7) is 5.80. The zero-order valence-electron chi connectivity index (χ0n) is 22.4. The van der Waals surface area contributed by atoms with Gasteiger partial charge in [-0.3, -0.25) is 9.69 Å². The van der Waals surface area contributed by atoms with E-state index >= 15 is 0 Å². The number of thiophene rings is 1. The van der Waals surface area contributed by atoms with Gasteiger partial charge in [0.25, 0.3) is 5.91 Å². The summed E-state index contributed by atoms with van der Waals surface area (Å²) >= 11 is 1.56. The molecule has 5 heterocycles. The number of morpholine rings is 1. The van der Waals surface area contributed by atoms with Crippen molar-refractivity contribution in [2.24, 2.45) is 0 Å². The molecule has 0 unspecified atom stereocenters. The molecule has 3 fully saturated rings. The third kappa shape index (κ3) is 5.21. The van der Waals surface area contributed by atoms with Gasteiger partial charge in [0.2, 0.25) is 0 Å². The molecule has 3 aromatic heterocycles. The summed E-state index contributed by atoms with van der Waals surface area (Å²) in [4.78, 5) is 25.1. The SMILES string of the molecule is CN(C)C(=O)c1sc2cnc(Nc3ccc(N4CCC(N5CCOCC5)CC4)nn3)cc2c1C1CCCC1. The molecule has 1 saturated carbocycles. The lowest BCUT2D eigenvalue weighted by atomic mass is 9.94. The molecule has 1 amide bonds. The molecule has 38 heavy (non-hydrogen) atoms. The fourth-order valence-electron chi connectivity index (χ4n) is 6.17. The second kappa shape index (κ2) is 11.1. The number of ether oxygens (including phenoxy) is 1. The summed E-state index contributed by atoms with van der Waals surface area (Å²) in [5.41, 5.74) is 1.20. The normalized spacial score (nSPS) is 19.8. The van der Waals surface area contributed by atoms with Crippen LogP contribution in [-0.2, 0) is 4.74 Å². The van der Waals surface area contributed by atoms with Gasteiger partial charge in [-0.2, -0.15) is 0 Å². The molecule has 0 radical (unpaired) electrons. The smallest absolute Gasteiger partial charge is 0.263 e. The van der Waals surface area contributed by atoms with Crippen LogP contribution in [0.4, 0.5) is 17.5 Å². The maximum absolute atomic E-state index is 13.0. The van der Waals surface area contributed by atoms with Gasteiger partial charge in [-0.25, -0.2) is 4.98 Å². The van der Waals surface area contributed by atoms with E-state index in [1.807, 2.05) is 32.4 Å². The Morgan fingerprint density at radius 3 is 2.47 bits per heavy atom. The van der Waals surface area contributed by atoms with Crippen LogP contribution in [0, 0.1) is 0 Å². The minimum atomic E-state index is 0.0815. The summed E-state index contributed by atoms with van der Waals surface area (Å²) in [5, 5.41) is 13.5. The molecule has 10 heteroatoms. The predicted octanol–water partition coefficient (Wildman–Crippen LogP) is 4.49. The van der Waals surface area contributed by atoms with Gasteiger partial charge in [0, 0.05) is 57.9 Å². The van der Waals surface area contributed by atoms with E-state index in [-0.39, 0.29) is 5.91 Å². The highest BCUT2D eigenvalue weighted by molar-refractivity contribution is 7.21. The first-order valence-electron chi connectivity index (χ1n) is 13.9. The van der Waals surface area contributed by atoms with Gasteiger partial charge in [-0.05, 0) is 55.4 Å². The Hall–Kier alpha value is -2.82. The molecule has 2 aliphatic heterocycles. The number of fused-ring (bicyclic) bond motifs is 1. The highest BCUT2D eigenvalue weighted by atomic mass is 32.1. The van der Waals surface area contributed by atoms with E-state index in [0.29, 0.717) is 17.8 Å². The van der Waals surface area contributed by atoms with E-state index in [1.165, 1.54) is 18.4 Å². The van der Waals surface area contributed by atoms with E-state index in [4.69, 9.17) is 4.74 Å². The lowest BCUT2D eigenvalue weighted by Gasteiger charge is -2.40. The Kier molecular flexibility index (Phi) is 7.45. The quantitative estimate of drug-likeness (QED) is 0.494. The molecule has 3 aliphatic rings. The van der Waals surface area contributed by atoms with Gasteiger partial charge in [-0.1, -0.05) is 12.8 Å². The average Bonchev–Trinajstić information content (AvgIpc) is 3.61. The fourth-order valence-corrected chi connectivity index (χ4v) is 7.43. The van der Waals surface area contributed by atoms with Crippen LogP contribution in [-0.4, -0.2) is 90.4 Å². The molecule has 0 bridgehead atoms. The van der Waals surface area contributed by atoms with Gasteiger partial charge < -0.3 is 19.9 Å². The number of nitrogens with one attached hydrogen (secondary N) is 1. The molecule has 9 nitrogen and oxygen atoms in total. The topological polar surface area (TPSA) is 86.7 Å². The van der Waals surface area contributed by atoms with Crippen LogP contribution >= 0.6 is 11.3 Å². The lowest BCUT2D eigenvalue weighted by Crippen LogP contribution is -2.49. The number of carbonyl (C=O) groups is 1. The maximum Gasteiger partial charge on any atom is 0.263 e. The maximum atomic E-state index is 13.0. The van der Waals surface area contributed by atoms with Crippen molar-refractivity contribution in [1.82, 2.24) is 25.0 Å². The Morgan fingerprint density at radius 2 is 1.79 bits per heavy atom. The average molecular weight is 536 g/mol. The van der Waals surface area contributed by atoms with Crippen LogP contribution in [0.15, 0.2) is 24.4 Å².